The SMILES string of the molecule is Cc1nc(NCc2nnc(C3CC3)s2)cc(OCCC2CC2c2ccccn2)n1. The standard InChI is InChI=1S/C21H24N6OS/c1-13-24-18(23-12-20-26-27-21(29-20)14-5-6-14)11-19(25-13)28-9-7-15-10-16(15)17-4-2-3-8-22-17/h2-4,8,11,14-16H,5-7,9-10,12H2,1H3,(H,23,24,25). The predicted molar refractivity (Wildman–Crippen MR) is 111 cm³/mol. The maximum Gasteiger partial charge on any atom is 0.218 e. The van der Waals surface area contributed by atoms with Gasteiger partial charge in [0.25, 0.3) is 0 Å². The van der Waals surface area contributed by atoms with Gasteiger partial charge in [0.15, 0.2) is 0 Å². The number of anilines is 1. The summed E-state index contributed by atoms with van der Waals surface area (Å²) < 4.78 is 5.92. The Kier molecular flexibility index (Phi) is 5.10. The van der Waals surface area contributed by atoms with Gasteiger partial charge < -0.3 is 10.1 Å². The second kappa shape index (κ2) is 8.02. The summed E-state index contributed by atoms with van der Waals surface area (Å²) in [6, 6.07) is 7.99. The van der Waals surface area contributed by atoms with Crippen LogP contribution in [0, 0.1) is 12.8 Å². The number of rotatable bonds is 9. The van der Waals surface area contributed by atoms with Crippen molar-refractivity contribution in [3.63, 3.8) is 0 Å². The summed E-state index contributed by atoms with van der Waals surface area (Å²) in [4.78, 5) is 13.3. The van der Waals surface area contributed by atoms with Crippen LogP contribution in [0.3, 0.4) is 0 Å². The van der Waals surface area contributed by atoms with Gasteiger partial charge in [0.2, 0.25) is 5.88 Å². The van der Waals surface area contributed by atoms with Crippen molar-refractivity contribution >= 4 is 17.2 Å². The molecule has 0 bridgehead atoms. The zero-order chi connectivity index (χ0) is 19.6. The number of pyridine rings is 1. The van der Waals surface area contributed by atoms with Gasteiger partial charge in [0, 0.05) is 29.8 Å². The fourth-order valence-electron chi connectivity index (χ4n) is 3.54. The van der Waals surface area contributed by atoms with Gasteiger partial charge in [-0.25, -0.2) is 4.98 Å². The topological polar surface area (TPSA) is 85.7 Å². The Morgan fingerprint density at radius 3 is 2.97 bits per heavy atom. The third kappa shape index (κ3) is 4.70. The fraction of sp³-hybridized carbons (Fsp3) is 0.476. The van der Waals surface area contributed by atoms with Gasteiger partial charge in [0.05, 0.1) is 13.2 Å². The van der Waals surface area contributed by atoms with Crippen LogP contribution in [0.25, 0.3) is 0 Å². The van der Waals surface area contributed by atoms with Crippen molar-refractivity contribution in [3.8, 4) is 5.88 Å². The van der Waals surface area contributed by atoms with Crippen LogP contribution in [0.5, 0.6) is 5.88 Å². The Morgan fingerprint density at radius 1 is 1.21 bits per heavy atom. The molecule has 0 saturated heterocycles. The van der Waals surface area contributed by atoms with E-state index in [9.17, 15) is 0 Å². The summed E-state index contributed by atoms with van der Waals surface area (Å²) >= 11 is 1.69. The monoisotopic (exact) mass is 408 g/mol. The number of nitrogens with one attached hydrogen (secondary N) is 1. The first-order chi connectivity index (χ1) is 14.2. The maximum atomic E-state index is 5.92. The number of ether oxygens (including phenoxy) is 1. The van der Waals surface area contributed by atoms with Gasteiger partial charge >= 0.3 is 0 Å². The second-order valence-electron chi connectivity index (χ2n) is 7.79. The highest BCUT2D eigenvalue weighted by Gasteiger charge is 2.38. The molecule has 0 spiro atoms. The number of aryl methyl sites for hydroxylation is 1. The molecule has 29 heavy (non-hydrogen) atoms. The van der Waals surface area contributed by atoms with E-state index in [0.29, 0.717) is 42.6 Å². The lowest BCUT2D eigenvalue weighted by atomic mass is 10.2. The minimum Gasteiger partial charge on any atom is -0.478 e. The van der Waals surface area contributed by atoms with Crippen LogP contribution in [0.15, 0.2) is 30.5 Å². The highest BCUT2D eigenvalue weighted by Crippen LogP contribution is 2.48. The summed E-state index contributed by atoms with van der Waals surface area (Å²) in [5.74, 6) is 3.95. The first-order valence-corrected chi connectivity index (χ1v) is 11.0. The Balaban J connectivity index is 1.11. The highest BCUT2D eigenvalue weighted by atomic mass is 32.1. The summed E-state index contributed by atoms with van der Waals surface area (Å²) in [6.07, 6.45) is 6.57. The van der Waals surface area contributed by atoms with Crippen molar-refractivity contribution in [2.24, 2.45) is 5.92 Å². The van der Waals surface area contributed by atoms with E-state index in [0.717, 1.165) is 22.3 Å². The lowest BCUT2D eigenvalue weighted by Crippen LogP contribution is -2.06. The summed E-state index contributed by atoms with van der Waals surface area (Å²) in [5.41, 5.74) is 1.20. The van der Waals surface area contributed by atoms with E-state index < -0.39 is 0 Å². The van der Waals surface area contributed by atoms with E-state index >= 15 is 0 Å². The summed E-state index contributed by atoms with van der Waals surface area (Å²) in [5, 5.41) is 14.0. The third-order valence-corrected chi connectivity index (χ3v) is 6.46. The molecule has 2 atom stereocenters. The van der Waals surface area contributed by atoms with Gasteiger partial charge in [-0.3, -0.25) is 4.98 Å². The number of nitrogens with zero attached hydrogens (tertiary/aromatic N) is 5. The fourth-order valence-corrected chi connectivity index (χ4v) is 4.49. The first kappa shape index (κ1) is 18.4. The van der Waals surface area contributed by atoms with E-state index in [1.165, 1.54) is 25.0 Å². The lowest BCUT2D eigenvalue weighted by Gasteiger charge is -2.09. The van der Waals surface area contributed by atoms with Crippen molar-refractivity contribution in [2.75, 3.05) is 11.9 Å². The molecule has 0 amide bonds. The zero-order valence-electron chi connectivity index (χ0n) is 16.4. The zero-order valence-corrected chi connectivity index (χ0v) is 17.2. The van der Waals surface area contributed by atoms with Crippen LogP contribution >= 0.6 is 11.3 Å². The van der Waals surface area contributed by atoms with Crippen molar-refractivity contribution in [2.45, 2.75) is 51.0 Å². The average Bonchev–Trinajstić information content (AvgIpc) is 3.66. The number of aromatic nitrogens is 5. The van der Waals surface area contributed by atoms with E-state index in [-0.39, 0.29) is 0 Å². The van der Waals surface area contributed by atoms with E-state index in [4.69, 9.17) is 4.74 Å². The smallest absolute Gasteiger partial charge is 0.218 e. The first-order valence-electron chi connectivity index (χ1n) is 10.2. The molecule has 2 unspecified atom stereocenters. The molecule has 2 saturated carbocycles. The van der Waals surface area contributed by atoms with Crippen LogP contribution in [0.4, 0.5) is 5.82 Å². The molecule has 1 N–H and O–H groups in total. The Bertz CT molecular complexity index is 974. The van der Waals surface area contributed by atoms with Crippen LogP contribution in [-0.4, -0.2) is 31.8 Å². The minimum absolute atomic E-state index is 0.580. The van der Waals surface area contributed by atoms with Crippen LogP contribution in [0.1, 0.15) is 59.1 Å². The molecule has 3 aromatic rings. The molecular weight excluding hydrogens is 384 g/mol. The van der Waals surface area contributed by atoms with Gasteiger partial charge in [-0.05, 0) is 50.7 Å². The van der Waals surface area contributed by atoms with Gasteiger partial charge in [0.1, 0.15) is 21.7 Å². The summed E-state index contributed by atoms with van der Waals surface area (Å²) in [7, 11) is 0. The van der Waals surface area contributed by atoms with E-state index in [1.807, 2.05) is 25.3 Å². The molecule has 5 rings (SSSR count). The maximum absolute atomic E-state index is 5.92. The van der Waals surface area contributed by atoms with E-state index in [1.54, 1.807) is 11.3 Å². The third-order valence-electron chi connectivity index (χ3n) is 5.37. The molecule has 2 aliphatic rings. The molecule has 0 aromatic carbocycles. The molecule has 3 aromatic heterocycles. The Hall–Kier alpha value is -2.61. The van der Waals surface area contributed by atoms with E-state index in [2.05, 4.69) is 42.6 Å². The second-order valence-corrected chi connectivity index (χ2v) is 8.89. The number of hydrogen-bond acceptors (Lipinski definition) is 8. The van der Waals surface area contributed by atoms with Gasteiger partial charge in [-0.2, -0.15) is 4.98 Å². The molecule has 8 heteroatoms. The molecule has 0 radical (unpaired) electrons. The Labute approximate surface area is 174 Å². The molecular formula is C21H24N6OS. The van der Waals surface area contributed by atoms with Crippen molar-refractivity contribution in [1.82, 2.24) is 25.1 Å². The number of hydrogen-bond donors (Lipinski definition) is 1. The molecule has 2 aliphatic carbocycles. The summed E-state index contributed by atoms with van der Waals surface area (Å²) in [6.45, 7) is 3.16. The molecule has 3 heterocycles. The lowest BCUT2D eigenvalue weighted by molar-refractivity contribution is 0.289. The normalized spacial score (nSPS) is 20.4. The molecule has 0 aliphatic heterocycles. The largest absolute Gasteiger partial charge is 0.478 e. The predicted octanol–water partition coefficient (Wildman–Crippen LogP) is 4.09. The van der Waals surface area contributed by atoms with Gasteiger partial charge in [-0.1, -0.05) is 17.4 Å². The van der Waals surface area contributed by atoms with Crippen LogP contribution in [0.2, 0.25) is 0 Å². The quantitative estimate of drug-likeness (QED) is 0.570. The highest BCUT2D eigenvalue weighted by molar-refractivity contribution is 7.11. The molecule has 7 nitrogen and oxygen atoms in total. The minimum atomic E-state index is 0.580. The van der Waals surface area contributed by atoms with Crippen LogP contribution < -0.4 is 10.1 Å². The van der Waals surface area contributed by atoms with Crippen LogP contribution in [-0.2, 0) is 6.54 Å². The Morgan fingerprint density at radius 2 is 2.14 bits per heavy atom. The van der Waals surface area contributed by atoms with Crippen molar-refractivity contribution < 1.29 is 4.74 Å². The van der Waals surface area contributed by atoms with Crippen molar-refractivity contribution in [3.05, 3.63) is 52.0 Å². The van der Waals surface area contributed by atoms with Gasteiger partial charge in [-0.15, -0.1) is 10.2 Å². The van der Waals surface area contributed by atoms with Crippen molar-refractivity contribution in [1.29, 1.82) is 0 Å². The molecule has 150 valence electrons. The average molecular weight is 409 g/mol. The molecule has 2 fully saturated rings.